The highest BCUT2D eigenvalue weighted by molar-refractivity contribution is 5.99. The molecule has 0 amide bonds. The van der Waals surface area contributed by atoms with Gasteiger partial charge in [-0.25, -0.2) is 9.97 Å². The van der Waals surface area contributed by atoms with Crippen molar-refractivity contribution in [2.45, 2.75) is 6.10 Å². The first kappa shape index (κ1) is 12.2. The Balaban J connectivity index is 2.32. The number of nitrogens with zero attached hydrogens (tertiary/aromatic N) is 2. The molecule has 0 radical (unpaired) electrons. The van der Waals surface area contributed by atoms with Gasteiger partial charge in [0.15, 0.2) is 5.69 Å². The number of carbonyl (C=O) groups excluding carboxylic acids is 1. The van der Waals surface area contributed by atoms with Crippen LogP contribution in [0.25, 0.3) is 0 Å². The van der Waals surface area contributed by atoms with Gasteiger partial charge in [-0.2, -0.15) is 0 Å². The van der Waals surface area contributed by atoms with E-state index in [0.717, 1.165) is 0 Å². The molecule has 0 aliphatic carbocycles. The van der Waals surface area contributed by atoms with Crippen LogP contribution in [0.5, 0.6) is 5.88 Å². The molecule has 1 aromatic heterocycles. The van der Waals surface area contributed by atoms with Gasteiger partial charge in [0.1, 0.15) is 6.10 Å². The topological polar surface area (TPSA) is 72.3 Å². The smallest absolute Gasteiger partial charge is 0.243 e. The zero-order chi connectivity index (χ0) is 13.0. The molecule has 18 heavy (non-hydrogen) atoms. The minimum absolute atomic E-state index is 0.0244. The summed E-state index contributed by atoms with van der Waals surface area (Å²) in [6.45, 7) is 0. The van der Waals surface area contributed by atoms with Gasteiger partial charge in [-0.05, 0) is 5.56 Å². The molecule has 0 aliphatic rings. The Morgan fingerprint density at radius 3 is 2.56 bits per heavy atom. The van der Waals surface area contributed by atoms with Crippen LogP contribution in [0.4, 0.5) is 0 Å². The lowest BCUT2D eigenvalue weighted by molar-refractivity contribution is 0.0737. The van der Waals surface area contributed by atoms with E-state index in [4.69, 9.17) is 4.74 Å². The average molecular weight is 244 g/mol. The largest absolute Gasteiger partial charge is 0.479 e. The third-order valence-corrected chi connectivity index (χ3v) is 2.46. The van der Waals surface area contributed by atoms with E-state index in [0.29, 0.717) is 5.56 Å². The summed E-state index contributed by atoms with van der Waals surface area (Å²) in [5, 5.41) is 9.99. The maximum Gasteiger partial charge on any atom is 0.243 e. The number of aromatic nitrogens is 2. The molecule has 0 spiro atoms. The Hall–Kier alpha value is -2.27. The first-order valence-electron chi connectivity index (χ1n) is 5.36. The van der Waals surface area contributed by atoms with Crippen LogP contribution in [0.2, 0.25) is 0 Å². The summed E-state index contributed by atoms with van der Waals surface area (Å²) in [6, 6.07) is 8.65. The first-order chi connectivity index (χ1) is 8.74. The number of aliphatic hydroxyl groups excluding tert-OH is 1. The lowest BCUT2D eigenvalue weighted by atomic mass is 10.0. The summed E-state index contributed by atoms with van der Waals surface area (Å²) in [5.74, 6) is -0.427. The van der Waals surface area contributed by atoms with Crippen LogP contribution < -0.4 is 4.74 Å². The second-order valence-corrected chi connectivity index (χ2v) is 3.59. The van der Waals surface area contributed by atoms with Gasteiger partial charge < -0.3 is 9.84 Å². The Bertz CT molecular complexity index is 543. The fraction of sp³-hybridized carbons (Fsp3) is 0.154. The molecule has 1 unspecified atom stereocenters. The third kappa shape index (κ3) is 2.36. The predicted octanol–water partition coefficient (Wildman–Crippen LogP) is 1.40. The van der Waals surface area contributed by atoms with Gasteiger partial charge in [0.25, 0.3) is 0 Å². The molecule has 0 saturated heterocycles. The zero-order valence-electron chi connectivity index (χ0n) is 9.78. The van der Waals surface area contributed by atoms with Gasteiger partial charge in [-0.15, -0.1) is 0 Å². The molecular weight excluding hydrogens is 232 g/mol. The van der Waals surface area contributed by atoms with E-state index in [9.17, 15) is 9.90 Å². The number of carbonyl (C=O) groups is 1. The number of aliphatic hydroxyl groups is 1. The van der Waals surface area contributed by atoms with Crippen molar-refractivity contribution in [2.24, 2.45) is 0 Å². The standard InChI is InChI=1S/C13H12N2O3/c1-18-13-10(14-7-8-15-13)12(17)11(16)9-5-3-2-4-6-9/h2-8,11,16H,1H3. The molecule has 2 rings (SSSR count). The molecule has 0 bridgehead atoms. The van der Waals surface area contributed by atoms with Crippen molar-refractivity contribution >= 4 is 5.78 Å². The van der Waals surface area contributed by atoms with Crippen LogP contribution in [-0.2, 0) is 0 Å². The monoisotopic (exact) mass is 244 g/mol. The number of methoxy groups -OCH3 is 1. The molecule has 0 aliphatic heterocycles. The lowest BCUT2D eigenvalue weighted by Gasteiger charge is -2.10. The predicted molar refractivity (Wildman–Crippen MR) is 64.3 cm³/mol. The van der Waals surface area contributed by atoms with Crippen molar-refractivity contribution in [2.75, 3.05) is 7.11 Å². The Labute approximate surface area is 104 Å². The molecule has 92 valence electrons. The molecule has 1 N–H and O–H groups in total. The van der Waals surface area contributed by atoms with Crippen LogP contribution in [0.15, 0.2) is 42.7 Å². The number of hydrogen-bond acceptors (Lipinski definition) is 5. The van der Waals surface area contributed by atoms with Gasteiger partial charge in [-0.1, -0.05) is 30.3 Å². The van der Waals surface area contributed by atoms with Crippen molar-refractivity contribution in [1.82, 2.24) is 9.97 Å². The fourth-order valence-corrected chi connectivity index (χ4v) is 1.56. The fourth-order valence-electron chi connectivity index (χ4n) is 1.56. The number of ketones is 1. The van der Waals surface area contributed by atoms with Gasteiger partial charge in [0.2, 0.25) is 11.7 Å². The van der Waals surface area contributed by atoms with E-state index in [1.165, 1.54) is 19.5 Å². The summed E-state index contributed by atoms with van der Waals surface area (Å²) >= 11 is 0. The summed E-state index contributed by atoms with van der Waals surface area (Å²) in [6.07, 6.45) is 1.54. The van der Waals surface area contributed by atoms with Crippen molar-refractivity contribution in [3.63, 3.8) is 0 Å². The second kappa shape index (κ2) is 5.37. The van der Waals surface area contributed by atoms with E-state index in [-0.39, 0.29) is 11.6 Å². The molecule has 1 aromatic carbocycles. The minimum atomic E-state index is -1.27. The van der Waals surface area contributed by atoms with Crippen LogP contribution in [-0.4, -0.2) is 28.0 Å². The number of ether oxygens (including phenoxy) is 1. The first-order valence-corrected chi connectivity index (χ1v) is 5.36. The van der Waals surface area contributed by atoms with Gasteiger partial charge in [0, 0.05) is 12.4 Å². The summed E-state index contributed by atoms with van der Waals surface area (Å²) in [7, 11) is 1.40. The molecule has 1 atom stereocenters. The highest BCUT2D eigenvalue weighted by Gasteiger charge is 2.24. The van der Waals surface area contributed by atoms with E-state index in [1.807, 2.05) is 6.07 Å². The third-order valence-electron chi connectivity index (χ3n) is 2.46. The van der Waals surface area contributed by atoms with Crippen molar-refractivity contribution in [3.05, 3.63) is 54.0 Å². The summed E-state index contributed by atoms with van der Waals surface area (Å²) in [4.78, 5) is 19.9. The molecule has 5 nitrogen and oxygen atoms in total. The van der Waals surface area contributed by atoms with Gasteiger partial charge >= 0.3 is 0 Å². The van der Waals surface area contributed by atoms with Crippen LogP contribution >= 0.6 is 0 Å². The van der Waals surface area contributed by atoms with Gasteiger partial charge in [0.05, 0.1) is 7.11 Å². The number of rotatable bonds is 4. The maximum atomic E-state index is 12.1. The van der Waals surface area contributed by atoms with E-state index >= 15 is 0 Å². The second-order valence-electron chi connectivity index (χ2n) is 3.59. The summed E-state index contributed by atoms with van der Waals surface area (Å²) in [5.41, 5.74) is 0.534. The number of hydrogen-bond donors (Lipinski definition) is 1. The Morgan fingerprint density at radius 1 is 1.22 bits per heavy atom. The van der Waals surface area contributed by atoms with Crippen LogP contribution in [0, 0.1) is 0 Å². The maximum absolute atomic E-state index is 12.1. The molecule has 5 heteroatoms. The highest BCUT2D eigenvalue weighted by Crippen LogP contribution is 2.21. The van der Waals surface area contributed by atoms with E-state index in [1.54, 1.807) is 24.3 Å². The quantitative estimate of drug-likeness (QED) is 0.823. The normalized spacial score (nSPS) is 11.9. The van der Waals surface area contributed by atoms with Crippen molar-refractivity contribution in [3.8, 4) is 5.88 Å². The summed E-state index contributed by atoms with van der Waals surface area (Å²) < 4.78 is 4.95. The lowest BCUT2D eigenvalue weighted by Crippen LogP contribution is -2.15. The van der Waals surface area contributed by atoms with E-state index < -0.39 is 11.9 Å². The Morgan fingerprint density at radius 2 is 1.89 bits per heavy atom. The SMILES string of the molecule is COc1nccnc1C(=O)C(O)c1ccccc1. The van der Waals surface area contributed by atoms with Crippen LogP contribution in [0.3, 0.4) is 0 Å². The Kier molecular flexibility index (Phi) is 3.64. The number of Topliss-reactive ketones (excluding diaryl/α,β-unsaturated/α-hetero) is 1. The molecule has 0 fully saturated rings. The highest BCUT2D eigenvalue weighted by atomic mass is 16.5. The molecule has 2 aromatic rings. The average Bonchev–Trinajstić information content (AvgIpc) is 2.46. The van der Waals surface area contributed by atoms with Crippen molar-refractivity contribution < 1.29 is 14.6 Å². The number of benzene rings is 1. The molecule has 1 heterocycles. The van der Waals surface area contributed by atoms with E-state index in [2.05, 4.69) is 9.97 Å². The van der Waals surface area contributed by atoms with Gasteiger partial charge in [-0.3, -0.25) is 4.79 Å². The van der Waals surface area contributed by atoms with Crippen molar-refractivity contribution in [1.29, 1.82) is 0 Å². The molecule has 0 saturated carbocycles. The minimum Gasteiger partial charge on any atom is -0.479 e. The zero-order valence-corrected chi connectivity index (χ0v) is 9.78. The molecular formula is C13H12N2O3. The van der Waals surface area contributed by atoms with Crippen LogP contribution in [0.1, 0.15) is 22.2 Å².